The number of nitrogens with one attached hydrogen (secondary N) is 2. The predicted molar refractivity (Wildman–Crippen MR) is 333 cm³/mol. The SMILES string of the molecule is COc1ccc(C(OC[C@H]2O[C@H](n3cc(COCc4cn(CCCNC(=O)CCCCO[C@@H]5O[C@H](COC(=O)c6ccccc6)[C@H](OC(=O)c6ccccc6)[C@H](OC(=O)c6ccccc6)[C@H]5NC(C)=O)nn4)nn3)CC2O)(c2ccccc2)c2ccc(OC)cc2)cc1. The van der Waals surface area contributed by atoms with E-state index in [1.54, 1.807) is 127 Å². The van der Waals surface area contributed by atoms with E-state index in [2.05, 4.69) is 31.3 Å². The summed E-state index contributed by atoms with van der Waals surface area (Å²) in [4.78, 5) is 66.5. The number of nitrogens with zero attached hydrogens (tertiary/aromatic N) is 6. The summed E-state index contributed by atoms with van der Waals surface area (Å²) in [6.45, 7) is 1.99. The molecule has 10 rings (SSSR count). The lowest BCUT2D eigenvalue weighted by Gasteiger charge is -2.45. The van der Waals surface area contributed by atoms with E-state index in [9.17, 15) is 29.1 Å². The number of aliphatic hydroxyl groups excluding tert-OH is 1. The lowest BCUT2D eigenvalue weighted by atomic mass is 9.80. The quantitative estimate of drug-likeness (QED) is 0.0164. The Morgan fingerprint density at radius 3 is 1.75 bits per heavy atom. The van der Waals surface area contributed by atoms with Crippen LogP contribution in [0.3, 0.4) is 0 Å². The van der Waals surface area contributed by atoms with Crippen molar-refractivity contribution in [1.82, 2.24) is 40.6 Å². The van der Waals surface area contributed by atoms with Crippen molar-refractivity contribution in [3.8, 4) is 11.5 Å². The first kappa shape index (κ1) is 66.2. The normalized spacial score (nSPS) is 19.4. The molecule has 2 aromatic heterocycles. The number of rotatable bonds is 31. The summed E-state index contributed by atoms with van der Waals surface area (Å²) in [6, 6.07) is 48.7. The maximum absolute atomic E-state index is 13.8. The molecule has 2 saturated heterocycles. The highest BCUT2D eigenvalue weighted by molar-refractivity contribution is 5.91. The number of carbonyl (C=O) groups excluding carboxylic acids is 5. The number of aliphatic hydroxyl groups is 1. The van der Waals surface area contributed by atoms with E-state index in [0.717, 1.165) is 16.7 Å². The first-order valence-electron chi connectivity index (χ1n) is 30.6. The maximum Gasteiger partial charge on any atom is 0.338 e. The van der Waals surface area contributed by atoms with Gasteiger partial charge in [-0.15, -0.1) is 10.2 Å². The molecule has 0 bridgehead atoms. The Morgan fingerprint density at radius 1 is 0.613 bits per heavy atom. The fourth-order valence-corrected chi connectivity index (χ4v) is 10.9. The zero-order valence-electron chi connectivity index (χ0n) is 51.7. The molecule has 6 aromatic carbocycles. The molecule has 1 unspecified atom stereocenters. The van der Waals surface area contributed by atoms with Crippen molar-refractivity contribution in [2.75, 3.05) is 40.6 Å². The number of aromatic nitrogens is 6. The van der Waals surface area contributed by atoms with Gasteiger partial charge in [0.2, 0.25) is 11.8 Å². The van der Waals surface area contributed by atoms with Crippen LogP contribution < -0.4 is 20.1 Å². The molecule has 2 amide bonds. The van der Waals surface area contributed by atoms with Crippen LogP contribution in [0.25, 0.3) is 0 Å². The number of benzene rings is 6. The molecule has 0 radical (unpaired) electrons. The van der Waals surface area contributed by atoms with Gasteiger partial charge in [-0.25, -0.2) is 19.1 Å². The van der Waals surface area contributed by atoms with Crippen LogP contribution >= 0.6 is 0 Å². The topological polar surface area (TPSA) is 283 Å². The fourth-order valence-electron chi connectivity index (χ4n) is 10.9. The van der Waals surface area contributed by atoms with Gasteiger partial charge in [0.15, 0.2) is 24.7 Å². The Balaban J connectivity index is 0.672. The van der Waals surface area contributed by atoms with E-state index in [-0.39, 0.29) is 61.9 Å². The van der Waals surface area contributed by atoms with Gasteiger partial charge in [-0.05, 0) is 96.6 Å². The minimum atomic E-state index is -1.42. The Hall–Kier alpha value is -9.69. The molecule has 8 atom stereocenters. The molecular weight excluding hydrogens is 1200 g/mol. The molecule has 24 nitrogen and oxygen atoms in total. The Morgan fingerprint density at radius 2 is 1.16 bits per heavy atom. The van der Waals surface area contributed by atoms with Crippen LogP contribution in [0, 0.1) is 0 Å². The van der Waals surface area contributed by atoms with E-state index in [0.29, 0.717) is 55.2 Å². The minimum Gasteiger partial charge on any atom is -0.497 e. The largest absolute Gasteiger partial charge is 0.497 e. The van der Waals surface area contributed by atoms with Crippen molar-refractivity contribution in [2.45, 2.75) is 113 Å². The second-order valence-electron chi connectivity index (χ2n) is 22.1. The van der Waals surface area contributed by atoms with E-state index in [1.807, 2.05) is 78.9 Å². The number of unbranched alkanes of at least 4 members (excludes halogenated alkanes) is 1. The second-order valence-corrected chi connectivity index (χ2v) is 22.1. The zero-order valence-corrected chi connectivity index (χ0v) is 51.7. The van der Waals surface area contributed by atoms with Gasteiger partial charge in [0.05, 0.1) is 69.2 Å². The van der Waals surface area contributed by atoms with E-state index in [4.69, 9.17) is 47.4 Å². The van der Waals surface area contributed by atoms with Crippen LogP contribution in [0.2, 0.25) is 0 Å². The molecule has 0 aliphatic carbocycles. The van der Waals surface area contributed by atoms with Crippen LogP contribution in [-0.2, 0) is 72.8 Å². The summed E-state index contributed by atoms with van der Waals surface area (Å²) < 4.78 is 64.0. The summed E-state index contributed by atoms with van der Waals surface area (Å²) >= 11 is 0. The third-order valence-electron chi connectivity index (χ3n) is 15.7. The molecule has 2 aliphatic rings. The van der Waals surface area contributed by atoms with Crippen molar-refractivity contribution in [1.29, 1.82) is 0 Å². The lowest BCUT2D eigenvalue weighted by molar-refractivity contribution is -0.269. The number of esters is 3. The second kappa shape index (κ2) is 32.5. The highest BCUT2D eigenvalue weighted by Gasteiger charge is 2.52. The molecule has 93 heavy (non-hydrogen) atoms. The zero-order chi connectivity index (χ0) is 64.9. The van der Waals surface area contributed by atoms with Gasteiger partial charge in [-0.3, -0.25) is 14.3 Å². The Bertz CT molecular complexity index is 3630. The lowest BCUT2D eigenvalue weighted by Crippen LogP contribution is -2.66. The number of hydrogen-bond acceptors (Lipinski definition) is 20. The molecule has 2 aliphatic heterocycles. The van der Waals surface area contributed by atoms with Crippen molar-refractivity contribution in [2.24, 2.45) is 0 Å². The van der Waals surface area contributed by atoms with E-state index >= 15 is 0 Å². The number of methoxy groups -OCH3 is 2. The van der Waals surface area contributed by atoms with Crippen LogP contribution in [0.1, 0.15) is 104 Å². The molecule has 486 valence electrons. The van der Waals surface area contributed by atoms with Crippen molar-refractivity contribution >= 4 is 29.7 Å². The number of aryl methyl sites for hydroxylation is 1. The average molecular weight is 1270 g/mol. The number of amides is 2. The summed E-state index contributed by atoms with van der Waals surface area (Å²) in [5.41, 5.74) is 3.25. The molecule has 0 saturated carbocycles. The highest BCUT2D eigenvalue weighted by atomic mass is 16.7. The first-order valence-corrected chi connectivity index (χ1v) is 30.6. The maximum atomic E-state index is 13.8. The average Bonchev–Trinajstić information content (AvgIpc) is 1.09. The smallest absolute Gasteiger partial charge is 0.338 e. The van der Waals surface area contributed by atoms with Gasteiger partial charge in [0.25, 0.3) is 0 Å². The van der Waals surface area contributed by atoms with E-state index in [1.165, 1.54) is 6.92 Å². The van der Waals surface area contributed by atoms with Crippen LogP contribution in [0.15, 0.2) is 182 Å². The summed E-state index contributed by atoms with van der Waals surface area (Å²) in [7, 11) is 3.24. The molecule has 2 fully saturated rings. The number of carbonyl (C=O) groups is 5. The van der Waals surface area contributed by atoms with Gasteiger partial charge in [-0.1, -0.05) is 120 Å². The first-order chi connectivity index (χ1) is 45.4. The Kier molecular flexibility index (Phi) is 23.2. The number of ether oxygens (including phenoxy) is 10. The molecule has 4 heterocycles. The summed E-state index contributed by atoms with van der Waals surface area (Å²) in [5, 5.41) is 34.1. The van der Waals surface area contributed by atoms with Gasteiger partial charge >= 0.3 is 17.9 Å². The molecule has 24 heteroatoms. The standard InChI is InChI=1S/C69H74N8O16/c1-46(78)71-62-64(93-67(83)49-23-12-6-13-24-49)63(92-66(82)48-21-10-5-11-22-48)59(44-88-65(81)47-19-8-4-9-20-47)91-68(62)87-38-17-16-27-60(80)70-36-18-37-76-40-53(72-74-76)42-86-43-54-41-77(75-73-54)61-39-57(79)58(90-61)45-89-69(50-25-14-7-15-26-50,51-28-32-55(84-2)33-29-51)52-30-34-56(85-3)35-31-52/h4-15,19-26,28-35,40-41,57-59,61-64,68,79H,16-18,27,36-39,42-45H2,1-3H3,(H,70,80)(H,71,78)/t57?,58-,59-,61+,62-,63+,64-,68-/m1/s1. The van der Waals surface area contributed by atoms with Gasteiger partial charge in [0.1, 0.15) is 53.3 Å². The molecule has 8 aromatic rings. The van der Waals surface area contributed by atoms with Crippen LogP contribution in [0.4, 0.5) is 0 Å². The monoisotopic (exact) mass is 1270 g/mol. The fraction of sp³-hybridized carbons (Fsp3) is 0.348. The van der Waals surface area contributed by atoms with Crippen molar-refractivity contribution < 1.29 is 76.4 Å². The highest BCUT2D eigenvalue weighted by Crippen LogP contribution is 2.43. The molecular formula is C69H74N8O16. The van der Waals surface area contributed by atoms with Gasteiger partial charge in [-0.2, -0.15) is 0 Å². The third kappa shape index (κ3) is 17.5. The number of hydrogen-bond donors (Lipinski definition) is 3. The van der Waals surface area contributed by atoms with Crippen LogP contribution in [-0.4, -0.2) is 148 Å². The molecule has 0 spiro atoms. The Labute approximate surface area is 537 Å². The third-order valence-corrected chi connectivity index (χ3v) is 15.7. The molecule has 3 N–H and O–H groups in total. The van der Waals surface area contributed by atoms with Crippen LogP contribution in [0.5, 0.6) is 11.5 Å². The van der Waals surface area contributed by atoms with Crippen molar-refractivity contribution in [3.05, 3.63) is 227 Å². The minimum absolute atomic E-state index is 0.0336. The van der Waals surface area contributed by atoms with Crippen molar-refractivity contribution in [3.63, 3.8) is 0 Å². The summed E-state index contributed by atoms with van der Waals surface area (Å²) in [6.07, 6.45) is -2.31. The van der Waals surface area contributed by atoms with Gasteiger partial charge < -0.3 is 63.1 Å². The van der Waals surface area contributed by atoms with E-state index < -0.39 is 85.1 Å². The van der Waals surface area contributed by atoms with Gasteiger partial charge in [0, 0.05) is 39.5 Å². The summed E-state index contributed by atoms with van der Waals surface area (Å²) in [5.74, 6) is -1.56. The predicted octanol–water partition coefficient (Wildman–Crippen LogP) is 7.49.